The molecular weight excluding hydrogens is 258 g/mol. The van der Waals surface area contributed by atoms with Crippen LogP contribution < -0.4 is 10.2 Å². The van der Waals surface area contributed by atoms with Crippen molar-refractivity contribution >= 4 is 5.69 Å². The van der Waals surface area contributed by atoms with Crippen molar-refractivity contribution in [2.75, 3.05) is 44.2 Å². The third-order valence-corrected chi connectivity index (χ3v) is 4.85. The molecule has 0 saturated carbocycles. The second-order valence-corrected chi connectivity index (χ2v) is 6.11. The first-order valence-electron chi connectivity index (χ1n) is 8.43. The fraction of sp³-hybridized carbons (Fsp3) is 0.667. The summed E-state index contributed by atoms with van der Waals surface area (Å²) in [6, 6.07) is 7.35. The molecule has 1 aliphatic heterocycles. The molecule has 21 heavy (non-hydrogen) atoms. The number of likely N-dealkylation sites (N-methyl/N-ethyl adjacent to an activating group) is 1. The maximum atomic E-state index is 3.50. The van der Waals surface area contributed by atoms with Crippen LogP contribution in [0.2, 0.25) is 0 Å². The molecule has 1 unspecified atom stereocenters. The van der Waals surface area contributed by atoms with Crippen molar-refractivity contribution in [3.8, 4) is 0 Å². The average molecular weight is 289 g/mol. The first-order chi connectivity index (χ1) is 10.2. The van der Waals surface area contributed by atoms with E-state index in [2.05, 4.69) is 61.0 Å². The molecule has 3 nitrogen and oxygen atoms in total. The first kappa shape index (κ1) is 16.3. The number of benzene rings is 1. The van der Waals surface area contributed by atoms with E-state index in [1.807, 2.05) is 0 Å². The minimum Gasteiger partial charge on any atom is -0.369 e. The molecule has 1 fully saturated rings. The zero-order chi connectivity index (χ0) is 15.2. The predicted octanol–water partition coefficient (Wildman–Crippen LogP) is 2.81. The van der Waals surface area contributed by atoms with Crippen molar-refractivity contribution < 1.29 is 0 Å². The summed E-state index contributed by atoms with van der Waals surface area (Å²) in [6.07, 6.45) is 1.23. The molecule has 0 aromatic heterocycles. The van der Waals surface area contributed by atoms with E-state index < -0.39 is 0 Å². The van der Waals surface area contributed by atoms with Crippen molar-refractivity contribution in [2.45, 2.75) is 40.2 Å². The van der Waals surface area contributed by atoms with Gasteiger partial charge in [0.15, 0.2) is 0 Å². The van der Waals surface area contributed by atoms with Crippen molar-refractivity contribution in [3.05, 3.63) is 29.3 Å². The van der Waals surface area contributed by atoms with Gasteiger partial charge in [-0.25, -0.2) is 0 Å². The van der Waals surface area contributed by atoms with Gasteiger partial charge in [-0.3, -0.25) is 4.90 Å². The lowest BCUT2D eigenvalue weighted by Crippen LogP contribution is -2.52. The standard InChI is InChI=1S/C18H31N3/c1-5-17(14-19-6-2)20-10-12-21(13-11-20)18-9-7-8-15(3)16(18)4/h7-9,17,19H,5-6,10-14H2,1-4H3. The molecule has 0 radical (unpaired) electrons. The fourth-order valence-electron chi connectivity index (χ4n) is 3.25. The zero-order valence-electron chi connectivity index (χ0n) is 14.2. The van der Waals surface area contributed by atoms with Gasteiger partial charge in [0.25, 0.3) is 0 Å². The Morgan fingerprint density at radius 2 is 1.81 bits per heavy atom. The van der Waals surface area contributed by atoms with Gasteiger partial charge >= 0.3 is 0 Å². The van der Waals surface area contributed by atoms with Crippen molar-refractivity contribution in [2.24, 2.45) is 0 Å². The Balaban J connectivity index is 1.95. The number of piperazine rings is 1. The van der Waals surface area contributed by atoms with E-state index in [0.29, 0.717) is 6.04 Å². The van der Waals surface area contributed by atoms with Crippen LogP contribution in [0.25, 0.3) is 0 Å². The van der Waals surface area contributed by atoms with Crippen molar-refractivity contribution in [1.82, 2.24) is 10.2 Å². The normalized spacial score (nSPS) is 18.0. The number of rotatable bonds is 6. The summed E-state index contributed by atoms with van der Waals surface area (Å²) in [5, 5.41) is 3.50. The van der Waals surface area contributed by atoms with Crippen LogP contribution in [0.1, 0.15) is 31.4 Å². The summed E-state index contributed by atoms with van der Waals surface area (Å²) >= 11 is 0. The van der Waals surface area contributed by atoms with Crippen LogP contribution in [0, 0.1) is 13.8 Å². The van der Waals surface area contributed by atoms with Crippen LogP contribution in [-0.2, 0) is 0 Å². The van der Waals surface area contributed by atoms with Gasteiger partial charge in [0.1, 0.15) is 0 Å². The van der Waals surface area contributed by atoms with Crippen molar-refractivity contribution in [1.29, 1.82) is 0 Å². The van der Waals surface area contributed by atoms with Gasteiger partial charge in [-0.1, -0.05) is 26.0 Å². The summed E-state index contributed by atoms with van der Waals surface area (Å²) in [6.45, 7) is 15.8. The first-order valence-corrected chi connectivity index (χ1v) is 8.43. The molecule has 0 aliphatic carbocycles. The summed E-state index contributed by atoms with van der Waals surface area (Å²) in [5.74, 6) is 0. The van der Waals surface area contributed by atoms with E-state index in [4.69, 9.17) is 0 Å². The fourth-order valence-corrected chi connectivity index (χ4v) is 3.25. The van der Waals surface area contributed by atoms with Crippen LogP contribution in [-0.4, -0.2) is 50.2 Å². The lowest BCUT2D eigenvalue weighted by molar-refractivity contribution is 0.177. The second-order valence-electron chi connectivity index (χ2n) is 6.11. The molecule has 2 rings (SSSR count). The molecule has 3 heteroatoms. The summed E-state index contributed by atoms with van der Waals surface area (Å²) in [5.41, 5.74) is 4.26. The molecule has 1 aromatic carbocycles. The Morgan fingerprint density at radius 3 is 2.43 bits per heavy atom. The largest absolute Gasteiger partial charge is 0.369 e. The average Bonchev–Trinajstić information content (AvgIpc) is 2.51. The molecular formula is C18H31N3. The molecule has 1 aliphatic rings. The van der Waals surface area contributed by atoms with Crippen LogP contribution >= 0.6 is 0 Å². The van der Waals surface area contributed by atoms with E-state index in [-0.39, 0.29) is 0 Å². The van der Waals surface area contributed by atoms with Crippen LogP contribution in [0.5, 0.6) is 0 Å². The number of hydrogen-bond donors (Lipinski definition) is 1. The molecule has 0 bridgehead atoms. The third-order valence-electron chi connectivity index (χ3n) is 4.85. The minimum atomic E-state index is 0.686. The highest BCUT2D eigenvalue weighted by molar-refractivity contribution is 5.56. The smallest absolute Gasteiger partial charge is 0.0399 e. The minimum absolute atomic E-state index is 0.686. The number of aryl methyl sites for hydroxylation is 1. The Bertz CT molecular complexity index is 436. The van der Waals surface area contributed by atoms with Crippen LogP contribution in [0.3, 0.4) is 0 Å². The number of nitrogens with one attached hydrogen (secondary N) is 1. The highest BCUT2D eigenvalue weighted by atomic mass is 15.3. The lowest BCUT2D eigenvalue weighted by atomic mass is 10.1. The van der Waals surface area contributed by atoms with Gasteiger partial charge in [0.05, 0.1) is 0 Å². The maximum Gasteiger partial charge on any atom is 0.0399 e. The van der Waals surface area contributed by atoms with E-state index in [1.54, 1.807) is 0 Å². The van der Waals surface area contributed by atoms with Gasteiger partial charge in [-0.15, -0.1) is 0 Å². The second kappa shape index (κ2) is 7.81. The topological polar surface area (TPSA) is 18.5 Å². The zero-order valence-corrected chi connectivity index (χ0v) is 14.2. The number of nitrogens with zero attached hydrogens (tertiary/aromatic N) is 2. The number of hydrogen-bond acceptors (Lipinski definition) is 3. The lowest BCUT2D eigenvalue weighted by Gasteiger charge is -2.40. The Labute approximate surface area is 130 Å². The monoisotopic (exact) mass is 289 g/mol. The maximum absolute atomic E-state index is 3.50. The summed E-state index contributed by atoms with van der Waals surface area (Å²) in [4.78, 5) is 5.21. The quantitative estimate of drug-likeness (QED) is 0.869. The van der Waals surface area contributed by atoms with Crippen molar-refractivity contribution in [3.63, 3.8) is 0 Å². The Hall–Kier alpha value is -1.06. The molecule has 1 saturated heterocycles. The Morgan fingerprint density at radius 1 is 1.10 bits per heavy atom. The molecule has 118 valence electrons. The van der Waals surface area contributed by atoms with Gasteiger partial charge < -0.3 is 10.2 Å². The molecule has 1 aromatic rings. The predicted molar refractivity (Wildman–Crippen MR) is 92.3 cm³/mol. The molecule has 0 amide bonds. The van der Waals surface area contributed by atoms with E-state index in [1.165, 1.54) is 36.3 Å². The van der Waals surface area contributed by atoms with E-state index in [0.717, 1.165) is 26.2 Å². The van der Waals surface area contributed by atoms with Crippen LogP contribution in [0.4, 0.5) is 5.69 Å². The van der Waals surface area contributed by atoms with E-state index >= 15 is 0 Å². The highest BCUT2D eigenvalue weighted by Gasteiger charge is 2.23. The van der Waals surface area contributed by atoms with Crippen LogP contribution in [0.15, 0.2) is 18.2 Å². The third kappa shape index (κ3) is 3.98. The van der Waals surface area contributed by atoms with Gasteiger partial charge in [-0.2, -0.15) is 0 Å². The summed E-state index contributed by atoms with van der Waals surface area (Å²) in [7, 11) is 0. The Kier molecular flexibility index (Phi) is 6.07. The molecule has 1 heterocycles. The highest BCUT2D eigenvalue weighted by Crippen LogP contribution is 2.24. The molecule has 1 N–H and O–H groups in total. The van der Waals surface area contributed by atoms with Gasteiger partial charge in [0.2, 0.25) is 0 Å². The molecule has 1 atom stereocenters. The number of anilines is 1. The van der Waals surface area contributed by atoms with Gasteiger partial charge in [0, 0.05) is 44.5 Å². The van der Waals surface area contributed by atoms with Gasteiger partial charge in [-0.05, 0) is 44.0 Å². The molecule has 0 spiro atoms. The van der Waals surface area contributed by atoms with E-state index in [9.17, 15) is 0 Å². The SMILES string of the molecule is CCNCC(CC)N1CCN(c2cccc(C)c2C)CC1. The summed E-state index contributed by atoms with van der Waals surface area (Å²) < 4.78 is 0.